The number of anilines is 1. The lowest BCUT2D eigenvalue weighted by Crippen LogP contribution is -2.52. The second kappa shape index (κ2) is 11.9. The van der Waals surface area contributed by atoms with Gasteiger partial charge in [0.05, 0.1) is 33.0 Å². The Morgan fingerprint density at radius 2 is 1.81 bits per heavy atom. The van der Waals surface area contributed by atoms with Crippen molar-refractivity contribution >= 4 is 40.9 Å². The number of benzene rings is 1. The maximum absolute atomic E-state index is 12.8. The highest BCUT2D eigenvalue weighted by Crippen LogP contribution is 2.32. The first-order chi connectivity index (χ1) is 15.5. The third-order valence-corrected chi connectivity index (χ3v) is 5.21. The Bertz CT molecular complexity index is 864. The molecular weight excluding hydrogens is 442 g/mol. The molecule has 1 unspecified atom stereocenters. The molecule has 1 aromatic rings. The first-order valence-corrected chi connectivity index (χ1v) is 10.9. The molecule has 4 amide bonds. The van der Waals surface area contributed by atoms with Crippen molar-refractivity contribution in [1.82, 2.24) is 10.2 Å². The smallest absolute Gasteiger partial charge is 0.255 e. The zero-order chi connectivity index (χ0) is 22.9. The molecule has 2 N–H and O–H groups in total. The Labute approximate surface area is 190 Å². The molecule has 32 heavy (non-hydrogen) atoms. The number of carbonyl (C=O) groups excluding carboxylic acids is 4. The van der Waals surface area contributed by atoms with Crippen molar-refractivity contribution in [3.8, 4) is 0 Å². The lowest BCUT2D eigenvalue weighted by atomic mass is 10.0. The van der Waals surface area contributed by atoms with Crippen LogP contribution >= 0.6 is 11.6 Å². The fraction of sp³-hybridized carbons (Fsp3) is 0.524. The number of hydrogen-bond acceptors (Lipinski definition) is 7. The second-order valence-corrected chi connectivity index (χ2v) is 7.62. The van der Waals surface area contributed by atoms with E-state index < -0.39 is 11.9 Å². The standard InChI is InChI=1S/C21H26ClN3O7/c22-6-7-30-8-9-31-10-11-32-13-19(27)23-16-3-1-2-14-15(16)12-25(21(14)29)17-4-5-18(26)24-20(17)28/h1-3,17H,4-13H2,(H,23,27)(H,24,26,28). The van der Waals surface area contributed by atoms with Gasteiger partial charge in [0, 0.05) is 35.7 Å². The molecule has 0 bridgehead atoms. The topological polar surface area (TPSA) is 123 Å². The van der Waals surface area contributed by atoms with Gasteiger partial charge in [-0.05, 0) is 18.6 Å². The van der Waals surface area contributed by atoms with Crippen molar-refractivity contribution in [2.24, 2.45) is 0 Å². The Morgan fingerprint density at radius 3 is 2.53 bits per heavy atom. The van der Waals surface area contributed by atoms with Gasteiger partial charge in [-0.1, -0.05) is 6.07 Å². The quantitative estimate of drug-likeness (QED) is 0.263. The third-order valence-electron chi connectivity index (χ3n) is 5.05. The summed E-state index contributed by atoms with van der Waals surface area (Å²) in [5.41, 5.74) is 1.56. The van der Waals surface area contributed by atoms with Gasteiger partial charge in [-0.2, -0.15) is 0 Å². The third kappa shape index (κ3) is 6.26. The normalized spacial score (nSPS) is 18.0. The van der Waals surface area contributed by atoms with E-state index in [1.54, 1.807) is 18.2 Å². The summed E-state index contributed by atoms with van der Waals surface area (Å²) in [6, 6.07) is 4.31. The van der Waals surface area contributed by atoms with Gasteiger partial charge in [0.1, 0.15) is 12.6 Å². The molecule has 0 aromatic heterocycles. The molecule has 0 radical (unpaired) electrons. The maximum atomic E-state index is 12.8. The molecule has 1 atom stereocenters. The van der Waals surface area contributed by atoms with Gasteiger partial charge >= 0.3 is 0 Å². The van der Waals surface area contributed by atoms with E-state index in [2.05, 4.69) is 10.6 Å². The molecule has 10 nitrogen and oxygen atoms in total. The van der Waals surface area contributed by atoms with Crippen molar-refractivity contribution in [1.29, 1.82) is 0 Å². The number of amides is 4. The Morgan fingerprint density at radius 1 is 1.09 bits per heavy atom. The average Bonchev–Trinajstić information content (AvgIpc) is 3.10. The van der Waals surface area contributed by atoms with Crippen molar-refractivity contribution in [3.63, 3.8) is 0 Å². The number of nitrogens with one attached hydrogen (secondary N) is 2. The van der Waals surface area contributed by atoms with Crippen LogP contribution in [-0.4, -0.2) is 80.1 Å². The number of alkyl halides is 1. The highest BCUT2D eigenvalue weighted by molar-refractivity contribution is 6.18. The summed E-state index contributed by atoms with van der Waals surface area (Å²) in [7, 11) is 0. The van der Waals surface area contributed by atoms with Crippen LogP contribution in [0.3, 0.4) is 0 Å². The highest BCUT2D eigenvalue weighted by Gasteiger charge is 2.39. The molecule has 2 aliphatic heterocycles. The van der Waals surface area contributed by atoms with E-state index in [1.165, 1.54) is 4.90 Å². The van der Waals surface area contributed by atoms with E-state index in [4.69, 9.17) is 25.8 Å². The number of fused-ring (bicyclic) bond motifs is 1. The van der Waals surface area contributed by atoms with Crippen LogP contribution in [0.4, 0.5) is 5.69 Å². The maximum Gasteiger partial charge on any atom is 0.255 e. The van der Waals surface area contributed by atoms with Crippen LogP contribution in [-0.2, 0) is 35.1 Å². The number of nitrogens with zero attached hydrogens (tertiary/aromatic N) is 1. The van der Waals surface area contributed by atoms with Crippen molar-refractivity contribution in [2.45, 2.75) is 25.4 Å². The van der Waals surface area contributed by atoms with E-state index >= 15 is 0 Å². The molecule has 3 rings (SSSR count). The second-order valence-electron chi connectivity index (χ2n) is 7.25. The van der Waals surface area contributed by atoms with E-state index in [1.807, 2.05) is 0 Å². The first-order valence-electron chi connectivity index (χ1n) is 10.4. The van der Waals surface area contributed by atoms with Crippen LogP contribution in [0.1, 0.15) is 28.8 Å². The molecule has 1 aromatic carbocycles. The van der Waals surface area contributed by atoms with Crippen molar-refractivity contribution < 1.29 is 33.4 Å². The number of rotatable bonds is 12. The minimum atomic E-state index is -0.708. The lowest BCUT2D eigenvalue weighted by Gasteiger charge is -2.29. The fourth-order valence-corrected chi connectivity index (χ4v) is 3.66. The number of halogens is 1. The number of piperidine rings is 1. The number of imide groups is 1. The molecule has 0 saturated carbocycles. The van der Waals surface area contributed by atoms with Crippen LogP contribution in [0.5, 0.6) is 0 Å². The predicted molar refractivity (Wildman–Crippen MR) is 114 cm³/mol. The van der Waals surface area contributed by atoms with Crippen LogP contribution < -0.4 is 10.6 Å². The number of ether oxygens (including phenoxy) is 3. The monoisotopic (exact) mass is 467 g/mol. The highest BCUT2D eigenvalue weighted by atomic mass is 35.5. The first kappa shape index (κ1) is 24.1. The molecule has 11 heteroatoms. The number of hydrogen-bond donors (Lipinski definition) is 2. The average molecular weight is 468 g/mol. The van der Waals surface area contributed by atoms with Gasteiger partial charge in [0.2, 0.25) is 17.7 Å². The minimum Gasteiger partial charge on any atom is -0.378 e. The van der Waals surface area contributed by atoms with Gasteiger partial charge in [-0.15, -0.1) is 11.6 Å². The largest absolute Gasteiger partial charge is 0.378 e. The summed E-state index contributed by atoms with van der Waals surface area (Å²) in [4.78, 5) is 50.1. The summed E-state index contributed by atoms with van der Waals surface area (Å²) in [5, 5.41) is 5.03. The summed E-state index contributed by atoms with van der Waals surface area (Å²) >= 11 is 5.49. The zero-order valence-corrected chi connectivity index (χ0v) is 18.3. The van der Waals surface area contributed by atoms with Crippen LogP contribution in [0, 0.1) is 0 Å². The van der Waals surface area contributed by atoms with Gasteiger partial charge in [0.25, 0.3) is 5.91 Å². The predicted octanol–water partition coefficient (Wildman–Crippen LogP) is 0.675. The Balaban J connectivity index is 1.46. The molecule has 174 valence electrons. The fourth-order valence-electron chi connectivity index (χ4n) is 3.55. The van der Waals surface area contributed by atoms with Crippen LogP contribution in [0.15, 0.2) is 18.2 Å². The lowest BCUT2D eigenvalue weighted by molar-refractivity contribution is -0.137. The van der Waals surface area contributed by atoms with Crippen LogP contribution in [0.25, 0.3) is 0 Å². The van der Waals surface area contributed by atoms with E-state index in [-0.39, 0.29) is 50.3 Å². The summed E-state index contributed by atoms with van der Waals surface area (Å²) in [6.07, 6.45) is 0.461. The number of carbonyl (C=O) groups is 4. The van der Waals surface area contributed by atoms with E-state index in [0.29, 0.717) is 49.1 Å². The van der Waals surface area contributed by atoms with Crippen LogP contribution in [0.2, 0.25) is 0 Å². The SMILES string of the molecule is O=C1CCC(N2Cc3c(NC(=O)COCCOCCOCCCl)cccc3C2=O)C(=O)N1. The van der Waals surface area contributed by atoms with Gasteiger partial charge < -0.3 is 24.4 Å². The Kier molecular flexibility index (Phi) is 8.98. The molecule has 0 spiro atoms. The van der Waals surface area contributed by atoms with Gasteiger partial charge in [0.15, 0.2) is 0 Å². The minimum absolute atomic E-state index is 0.166. The molecule has 0 aliphatic carbocycles. The summed E-state index contributed by atoms with van der Waals surface area (Å²) < 4.78 is 15.8. The Hall–Kier alpha value is -2.53. The van der Waals surface area contributed by atoms with E-state index in [0.717, 1.165) is 0 Å². The van der Waals surface area contributed by atoms with Crippen molar-refractivity contribution in [2.75, 3.05) is 50.8 Å². The summed E-state index contributed by atoms with van der Waals surface area (Å²) in [5.74, 6) is -1.04. The van der Waals surface area contributed by atoms with Gasteiger partial charge in [-0.25, -0.2) is 0 Å². The zero-order valence-electron chi connectivity index (χ0n) is 17.6. The summed E-state index contributed by atoms with van der Waals surface area (Å²) in [6.45, 7) is 1.92. The molecule has 2 aliphatic rings. The molecule has 1 fully saturated rings. The molecule has 2 heterocycles. The molecule has 1 saturated heterocycles. The molecular formula is C21H26ClN3O7. The van der Waals surface area contributed by atoms with Crippen molar-refractivity contribution in [3.05, 3.63) is 29.3 Å². The van der Waals surface area contributed by atoms with Gasteiger partial charge in [-0.3, -0.25) is 24.5 Å². The van der Waals surface area contributed by atoms with E-state index in [9.17, 15) is 19.2 Å².